The van der Waals surface area contributed by atoms with Crippen molar-refractivity contribution in [2.45, 2.75) is 0 Å². The van der Waals surface area contributed by atoms with Crippen LogP contribution in [0.1, 0.15) is 10.4 Å². The maximum Gasteiger partial charge on any atom is 0.351 e. The number of rotatable bonds is 2. The topological polar surface area (TPSA) is 86.0 Å². The van der Waals surface area contributed by atoms with Crippen LogP contribution in [0.2, 0.25) is 0 Å². The second-order valence-corrected chi connectivity index (χ2v) is 3.50. The highest BCUT2D eigenvalue weighted by Gasteiger charge is 2.16. The largest absolute Gasteiger partial charge is 0.508 e. The summed E-state index contributed by atoms with van der Waals surface area (Å²) in [5.41, 5.74) is -0.930. The third kappa shape index (κ3) is 1.88. The van der Waals surface area contributed by atoms with Gasteiger partial charge in [-0.3, -0.25) is 0 Å². The summed E-state index contributed by atoms with van der Waals surface area (Å²) in [6, 6.07) is 3.93. The molecule has 0 spiro atoms. The molecule has 0 atom stereocenters. The zero-order chi connectivity index (χ0) is 13.3. The first-order valence-electron chi connectivity index (χ1n) is 5.00. The number of aromatic hydroxyl groups is 1. The Labute approximate surface area is 101 Å². The Kier molecular flexibility index (Phi) is 2.93. The van der Waals surface area contributed by atoms with Gasteiger partial charge in [0, 0.05) is 12.1 Å². The molecule has 0 unspecified atom stereocenters. The van der Waals surface area contributed by atoms with Gasteiger partial charge in [0.2, 0.25) is 0 Å². The van der Waals surface area contributed by atoms with E-state index in [1.165, 1.54) is 32.4 Å². The van der Waals surface area contributed by atoms with E-state index < -0.39 is 11.6 Å². The Hall–Kier alpha value is -2.50. The molecule has 1 N–H and O–H groups in total. The minimum absolute atomic E-state index is 0.103. The lowest BCUT2D eigenvalue weighted by Gasteiger charge is -2.06. The van der Waals surface area contributed by atoms with E-state index in [4.69, 9.17) is 9.15 Å². The number of ether oxygens (including phenoxy) is 2. The van der Waals surface area contributed by atoms with E-state index in [0.29, 0.717) is 11.1 Å². The van der Waals surface area contributed by atoms with Crippen molar-refractivity contribution in [1.82, 2.24) is 0 Å². The van der Waals surface area contributed by atoms with Crippen molar-refractivity contribution in [3.8, 4) is 11.5 Å². The van der Waals surface area contributed by atoms with Gasteiger partial charge in [-0.05, 0) is 6.07 Å². The molecule has 94 valence electrons. The molecule has 2 aromatic rings. The summed E-state index contributed by atoms with van der Waals surface area (Å²) in [5.74, 6) is -0.604. The third-order valence-electron chi connectivity index (χ3n) is 2.43. The third-order valence-corrected chi connectivity index (χ3v) is 2.43. The van der Waals surface area contributed by atoms with Gasteiger partial charge in [-0.25, -0.2) is 9.59 Å². The zero-order valence-corrected chi connectivity index (χ0v) is 9.72. The summed E-state index contributed by atoms with van der Waals surface area (Å²) in [4.78, 5) is 22.9. The molecule has 0 aliphatic rings. The Balaban J connectivity index is 2.81. The predicted molar refractivity (Wildman–Crippen MR) is 62.0 cm³/mol. The van der Waals surface area contributed by atoms with Crippen molar-refractivity contribution in [2.24, 2.45) is 0 Å². The number of phenols is 1. The van der Waals surface area contributed by atoms with E-state index >= 15 is 0 Å². The minimum Gasteiger partial charge on any atom is -0.508 e. The summed E-state index contributed by atoms with van der Waals surface area (Å²) in [5, 5.41) is 9.82. The molecule has 0 aliphatic heterocycles. The normalized spacial score (nSPS) is 10.3. The van der Waals surface area contributed by atoms with Crippen LogP contribution in [-0.4, -0.2) is 25.3 Å². The fourth-order valence-corrected chi connectivity index (χ4v) is 1.59. The molecule has 0 bridgehead atoms. The summed E-state index contributed by atoms with van der Waals surface area (Å²) in [6.45, 7) is 0. The molecule has 6 heteroatoms. The Morgan fingerprint density at radius 2 is 2.00 bits per heavy atom. The van der Waals surface area contributed by atoms with Crippen molar-refractivity contribution in [3.05, 3.63) is 34.2 Å². The maximum absolute atomic E-state index is 11.6. The predicted octanol–water partition coefficient (Wildman–Crippen LogP) is 1.29. The molecule has 0 amide bonds. The maximum atomic E-state index is 11.6. The van der Waals surface area contributed by atoms with Gasteiger partial charge in [-0.2, -0.15) is 0 Å². The molecule has 6 nitrogen and oxygen atoms in total. The number of fused-ring (bicyclic) bond motifs is 1. The van der Waals surface area contributed by atoms with Crippen LogP contribution in [0.25, 0.3) is 11.0 Å². The van der Waals surface area contributed by atoms with Gasteiger partial charge < -0.3 is 19.0 Å². The highest BCUT2D eigenvalue weighted by atomic mass is 16.5. The number of hydrogen-bond acceptors (Lipinski definition) is 6. The van der Waals surface area contributed by atoms with Gasteiger partial charge in [-0.1, -0.05) is 0 Å². The Bertz CT molecular complexity index is 670. The first kappa shape index (κ1) is 12.0. The molecule has 18 heavy (non-hydrogen) atoms. The number of benzene rings is 1. The number of hydrogen-bond donors (Lipinski definition) is 1. The summed E-state index contributed by atoms with van der Waals surface area (Å²) < 4.78 is 14.5. The number of esters is 1. The monoisotopic (exact) mass is 250 g/mol. The van der Waals surface area contributed by atoms with Crippen LogP contribution < -0.4 is 10.4 Å². The molecule has 0 saturated carbocycles. The summed E-state index contributed by atoms with van der Waals surface area (Å²) >= 11 is 0. The van der Waals surface area contributed by atoms with Crippen molar-refractivity contribution in [2.75, 3.05) is 14.2 Å². The van der Waals surface area contributed by atoms with Gasteiger partial charge in [0.15, 0.2) is 0 Å². The van der Waals surface area contributed by atoms with Crippen LogP contribution in [0.4, 0.5) is 0 Å². The Morgan fingerprint density at radius 3 is 2.61 bits per heavy atom. The van der Waals surface area contributed by atoms with Crippen molar-refractivity contribution in [1.29, 1.82) is 0 Å². The second-order valence-electron chi connectivity index (χ2n) is 3.50. The number of phenolic OH excluding ortho intramolecular Hbond substituents is 1. The van der Waals surface area contributed by atoms with Crippen molar-refractivity contribution >= 4 is 16.9 Å². The van der Waals surface area contributed by atoms with Crippen LogP contribution in [0.15, 0.2) is 27.4 Å². The molecule has 0 saturated heterocycles. The molecule has 0 aliphatic carbocycles. The quantitative estimate of drug-likeness (QED) is 0.638. The smallest absolute Gasteiger partial charge is 0.351 e. The average molecular weight is 250 g/mol. The molecule has 1 aromatic carbocycles. The second kappa shape index (κ2) is 4.40. The van der Waals surface area contributed by atoms with Crippen LogP contribution in [-0.2, 0) is 4.74 Å². The van der Waals surface area contributed by atoms with Crippen molar-refractivity contribution < 1.29 is 23.8 Å². The van der Waals surface area contributed by atoms with Crippen molar-refractivity contribution in [3.63, 3.8) is 0 Å². The molecular formula is C12H10O6. The molecule has 2 rings (SSSR count). The number of methoxy groups -OCH3 is 2. The molecule has 1 heterocycles. The van der Waals surface area contributed by atoms with Gasteiger partial charge in [0.1, 0.15) is 22.6 Å². The van der Waals surface area contributed by atoms with Gasteiger partial charge in [0.05, 0.1) is 19.6 Å². The molecular weight excluding hydrogens is 240 g/mol. The van der Waals surface area contributed by atoms with E-state index in [2.05, 4.69) is 4.74 Å². The van der Waals surface area contributed by atoms with E-state index in [1.807, 2.05) is 0 Å². The van der Waals surface area contributed by atoms with Crippen LogP contribution >= 0.6 is 0 Å². The van der Waals surface area contributed by atoms with Crippen LogP contribution in [0.3, 0.4) is 0 Å². The zero-order valence-electron chi connectivity index (χ0n) is 9.72. The SMILES string of the molecule is COC(=O)c1cc2c(OC)cc(O)cc2oc1=O. The van der Waals surface area contributed by atoms with E-state index in [9.17, 15) is 14.7 Å². The fourth-order valence-electron chi connectivity index (χ4n) is 1.59. The standard InChI is InChI=1S/C12H10O6/c1-16-9-3-6(13)4-10-7(9)5-8(11(14)17-2)12(15)18-10/h3-5,13H,1-2H3. The highest BCUT2D eigenvalue weighted by Crippen LogP contribution is 2.30. The van der Waals surface area contributed by atoms with Gasteiger partial charge >= 0.3 is 11.6 Å². The average Bonchev–Trinajstić information content (AvgIpc) is 2.35. The Morgan fingerprint density at radius 1 is 1.28 bits per heavy atom. The van der Waals surface area contributed by atoms with Gasteiger partial charge in [-0.15, -0.1) is 0 Å². The summed E-state index contributed by atoms with van der Waals surface area (Å²) in [7, 11) is 2.57. The summed E-state index contributed by atoms with van der Waals surface area (Å²) in [6.07, 6.45) is 0. The molecule has 1 aromatic heterocycles. The molecule has 0 radical (unpaired) electrons. The van der Waals surface area contributed by atoms with E-state index in [0.717, 1.165) is 0 Å². The number of carbonyl (C=O) groups excluding carboxylic acids is 1. The first-order chi connectivity index (χ1) is 8.56. The first-order valence-corrected chi connectivity index (χ1v) is 5.00. The van der Waals surface area contributed by atoms with Crippen LogP contribution in [0.5, 0.6) is 11.5 Å². The number of carbonyl (C=O) groups is 1. The molecule has 0 fully saturated rings. The van der Waals surface area contributed by atoms with Gasteiger partial charge in [0.25, 0.3) is 0 Å². The fraction of sp³-hybridized carbons (Fsp3) is 0.167. The minimum atomic E-state index is -0.831. The van der Waals surface area contributed by atoms with E-state index in [1.54, 1.807) is 0 Å². The lowest BCUT2D eigenvalue weighted by Crippen LogP contribution is -2.15. The lowest BCUT2D eigenvalue weighted by atomic mass is 10.1. The highest BCUT2D eigenvalue weighted by molar-refractivity contribution is 5.95. The van der Waals surface area contributed by atoms with E-state index in [-0.39, 0.29) is 16.9 Å². The van der Waals surface area contributed by atoms with Crippen LogP contribution in [0, 0.1) is 0 Å². The lowest BCUT2D eigenvalue weighted by molar-refractivity contribution is 0.0596.